The van der Waals surface area contributed by atoms with E-state index >= 15 is 0 Å². The first kappa shape index (κ1) is 14.5. The van der Waals surface area contributed by atoms with Crippen molar-refractivity contribution in [3.8, 4) is 0 Å². The fourth-order valence-electron chi connectivity index (χ4n) is 2.64. The molecule has 2 nitrogen and oxygen atoms in total. The Morgan fingerprint density at radius 1 is 0.636 bits per heavy atom. The van der Waals surface area contributed by atoms with Gasteiger partial charge in [0, 0.05) is 18.8 Å². The maximum Gasteiger partial charge on any atom is 0.128 e. The van der Waals surface area contributed by atoms with Gasteiger partial charge in [0.1, 0.15) is 5.82 Å². The van der Waals surface area contributed by atoms with Gasteiger partial charge in [-0.05, 0) is 42.0 Å². The van der Waals surface area contributed by atoms with Gasteiger partial charge in [-0.3, -0.25) is 0 Å². The molecule has 0 radical (unpaired) electrons. The van der Waals surface area contributed by atoms with Crippen molar-refractivity contribution >= 4 is 0 Å². The highest BCUT2D eigenvalue weighted by atomic mass is 14.8. The van der Waals surface area contributed by atoms with Crippen molar-refractivity contribution in [2.45, 2.75) is 25.7 Å². The van der Waals surface area contributed by atoms with E-state index in [1.165, 1.54) is 16.7 Å². The predicted molar refractivity (Wildman–Crippen MR) is 89.7 cm³/mol. The highest BCUT2D eigenvalue weighted by Gasteiger charge is 2.00. The molecular weight excluding hydrogens is 268 g/mol. The Morgan fingerprint density at radius 2 is 1.36 bits per heavy atom. The monoisotopic (exact) mass is 288 g/mol. The zero-order valence-corrected chi connectivity index (χ0v) is 12.7. The van der Waals surface area contributed by atoms with E-state index in [0.29, 0.717) is 0 Å². The molecule has 0 saturated heterocycles. The lowest BCUT2D eigenvalue weighted by Crippen LogP contribution is -1.96. The van der Waals surface area contributed by atoms with Gasteiger partial charge >= 0.3 is 0 Å². The first-order valence-corrected chi connectivity index (χ1v) is 7.78. The van der Waals surface area contributed by atoms with Gasteiger partial charge in [0.05, 0.1) is 0 Å². The molecule has 0 saturated carbocycles. The second kappa shape index (κ2) is 7.51. The Bertz CT molecular complexity index is 693. The Hall–Kier alpha value is -2.48. The SMILES string of the molecule is c1ccc(Cc2cccc(CCCc3ncccn3)c2)cc1. The molecular formula is C20H20N2. The van der Waals surface area contributed by atoms with Crippen LogP contribution in [0.2, 0.25) is 0 Å². The first-order valence-electron chi connectivity index (χ1n) is 7.78. The van der Waals surface area contributed by atoms with Crippen molar-refractivity contribution in [3.63, 3.8) is 0 Å². The zero-order valence-electron chi connectivity index (χ0n) is 12.7. The van der Waals surface area contributed by atoms with Gasteiger partial charge in [-0.1, -0.05) is 54.6 Å². The Balaban J connectivity index is 1.57. The molecule has 0 unspecified atom stereocenters. The summed E-state index contributed by atoms with van der Waals surface area (Å²) in [5, 5.41) is 0. The quantitative estimate of drug-likeness (QED) is 0.678. The summed E-state index contributed by atoms with van der Waals surface area (Å²) < 4.78 is 0. The van der Waals surface area contributed by atoms with Crippen LogP contribution in [0.4, 0.5) is 0 Å². The van der Waals surface area contributed by atoms with Crippen LogP contribution >= 0.6 is 0 Å². The maximum absolute atomic E-state index is 4.27. The lowest BCUT2D eigenvalue weighted by molar-refractivity contribution is 0.770. The molecule has 0 atom stereocenters. The van der Waals surface area contributed by atoms with Gasteiger partial charge in [-0.15, -0.1) is 0 Å². The van der Waals surface area contributed by atoms with Crippen LogP contribution in [0.15, 0.2) is 73.1 Å². The smallest absolute Gasteiger partial charge is 0.128 e. The molecule has 3 rings (SSSR count). The lowest BCUT2D eigenvalue weighted by Gasteiger charge is -2.06. The lowest BCUT2D eigenvalue weighted by atomic mass is 10.0. The first-order chi connectivity index (χ1) is 10.9. The Kier molecular flexibility index (Phi) is 4.93. The minimum Gasteiger partial charge on any atom is -0.241 e. The van der Waals surface area contributed by atoms with Crippen molar-refractivity contribution in [1.82, 2.24) is 9.97 Å². The van der Waals surface area contributed by atoms with E-state index in [9.17, 15) is 0 Å². The standard InChI is InChI=1S/C20H20N2/c1-2-7-17(8-3-1)15-19-11-4-9-18(16-19)10-5-12-20-21-13-6-14-22-20/h1-4,6-9,11,13-14,16H,5,10,12,15H2. The number of hydrogen-bond acceptors (Lipinski definition) is 2. The van der Waals surface area contributed by atoms with Crippen LogP contribution in [0.25, 0.3) is 0 Å². The van der Waals surface area contributed by atoms with Crippen LogP contribution < -0.4 is 0 Å². The van der Waals surface area contributed by atoms with Gasteiger partial charge in [0.2, 0.25) is 0 Å². The van der Waals surface area contributed by atoms with Crippen LogP contribution in [-0.4, -0.2) is 9.97 Å². The van der Waals surface area contributed by atoms with E-state index in [-0.39, 0.29) is 0 Å². The van der Waals surface area contributed by atoms with Crippen molar-refractivity contribution in [3.05, 3.63) is 95.6 Å². The van der Waals surface area contributed by atoms with E-state index in [0.717, 1.165) is 31.5 Å². The second-order valence-electron chi connectivity index (χ2n) is 5.50. The summed E-state index contributed by atoms with van der Waals surface area (Å²) in [6, 6.07) is 21.4. The van der Waals surface area contributed by atoms with Crippen molar-refractivity contribution in [2.75, 3.05) is 0 Å². The number of hydrogen-bond donors (Lipinski definition) is 0. The third-order valence-electron chi connectivity index (χ3n) is 3.73. The molecule has 0 spiro atoms. The zero-order chi connectivity index (χ0) is 15.0. The third kappa shape index (κ3) is 4.26. The highest BCUT2D eigenvalue weighted by molar-refractivity contribution is 5.29. The van der Waals surface area contributed by atoms with Crippen molar-refractivity contribution in [1.29, 1.82) is 0 Å². The fourth-order valence-corrected chi connectivity index (χ4v) is 2.64. The topological polar surface area (TPSA) is 25.8 Å². The van der Waals surface area contributed by atoms with Crippen molar-refractivity contribution in [2.24, 2.45) is 0 Å². The average molecular weight is 288 g/mol. The molecule has 3 aromatic rings. The molecule has 0 amide bonds. The number of aryl methyl sites for hydroxylation is 2. The number of rotatable bonds is 6. The second-order valence-corrected chi connectivity index (χ2v) is 5.50. The van der Waals surface area contributed by atoms with E-state index in [1.807, 2.05) is 18.5 Å². The van der Waals surface area contributed by atoms with Crippen molar-refractivity contribution < 1.29 is 0 Å². The summed E-state index contributed by atoms with van der Waals surface area (Å²) in [5.74, 6) is 0.933. The van der Waals surface area contributed by atoms with Crippen LogP contribution in [0.1, 0.15) is 28.9 Å². The molecule has 2 aromatic carbocycles. The largest absolute Gasteiger partial charge is 0.241 e. The molecule has 0 N–H and O–H groups in total. The Morgan fingerprint density at radius 3 is 2.18 bits per heavy atom. The summed E-state index contributed by atoms with van der Waals surface area (Å²) in [5.41, 5.74) is 4.13. The predicted octanol–water partition coefficient (Wildman–Crippen LogP) is 4.24. The van der Waals surface area contributed by atoms with Crippen LogP contribution in [-0.2, 0) is 19.3 Å². The number of benzene rings is 2. The molecule has 0 aliphatic heterocycles. The fraction of sp³-hybridized carbons (Fsp3) is 0.200. The van der Waals surface area contributed by atoms with Crippen LogP contribution in [0.5, 0.6) is 0 Å². The van der Waals surface area contributed by atoms with Crippen LogP contribution in [0.3, 0.4) is 0 Å². The molecule has 1 heterocycles. The summed E-state index contributed by atoms with van der Waals surface area (Å²) in [6.07, 6.45) is 7.70. The summed E-state index contributed by atoms with van der Waals surface area (Å²) in [6.45, 7) is 0. The molecule has 110 valence electrons. The molecule has 0 fully saturated rings. The molecule has 2 heteroatoms. The molecule has 0 bridgehead atoms. The molecule has 0 aliphatic rings. The van der Waals surface area contributed by atoms with E-state index in [2.05, 4.69) is 64.6 Å². The van der Waals surface area contributed by atoms with Gasteiger partial charge in [0.25, 0.3) is 0 Å². The third-order valence-corrected chi connectivity index (χ3v) is 3.73. The summed E-state index contributed by atoms with van der Waals surface area (Å²) in [7, 11) is 0. The van der Waals surface area contributed by atoms with Crippen LogP contribution in [0, 0.1) is 0 Å². The molecule has 1 aromatic heterocycles. The average Bonchev–Trinajstić information content (AvgIpc) is 2.57. The van der Waals surface area contributed by atoms with Gasteiger partial charge in [0.15, 0.2) is 0 Å². The minimum absolute atomic E-state index is 0.933. The normalized spacial score (nSPS) is 10.5. The van der Waals surface area contributed by atoms with E-state index < -0.39 is 0 Å². The maximum atomic E-state index is 4.27. The summed E-state index contributed by atoms with van der Waals surface area (Å²) >= 11 is 0. The van der Waals surface area contributed by atoms with Gasteiger partial charge in [-0.25, -0.2) is 9.97 Å². The van der Waals surface area contributed by atoms with E-state index in [4.69, 9.17) is 0 Å². The summed E-state index contributed by atoms with van der Waals surface area (Å²) in [4.78, 5) is 8.54. The Labute approximate surface area is 131 Å². The number of nitrogens with zero attached hydrogens (tertiary/aromatic N) is 2. The van der Waals surface area contributed by atoms with Gasteiger partial charge in [-0.2, -0.15) is 0 Å². The van der Waals surface area contributed by atoms with E-state index in [1.54, 1.807) is 0 Å². The number of aromatic nitrogens is 2. The van der Waals surface area contributed by atoms with Gasteiger partial charge < -0.3 is 0 Å². The minimum atomic E-state index is 0.933. The molecule has 0 aliphatic carbocycles. The highest BCUT2D eigenvalue weighted by Crippen LogP contribution is 2.13. The molecule has 22 heavy (non-hydrogen) atoms.